The maximum atomic E-state index is 11.9. The zero-order valence-electron chi connectivity index (χ0n) is 13.0. The minimum absolute atomic E-state index is 0.0658. The third-order valence-corrected chi connectivity index (χ3v) is 3.75. The van der Waals surface area contributed by atoms with Gasteiger partial charge in [0.05, 0.1) is 6.54 Å². The molecule has 9 heteroatoms. The first kappa shape index (κ1) is 17.8. The van der Waals surface area contributed by atoms with E-state index in [-0.39, 0.29) is 12.3 Å². The molecule has 0 saturated heterocycles. The Kier molecular flexibility index (Phi) is 5.83. The molecular weight excluding hydrogens is 332 g/mol. The summed E-state index contributed by atoms with van der Waals surface area (Å²) in [6.45, 7) is 1.75. The first-order chi connectivity index (χ1) is 11.4. The van der Waals surface area contributed by atoms with Gasteiger partial charge in [-0.2, -0.15) is 12.6 Å². The highest BCUT2D eigenvalue weighted by atomic mass is 32.1. The second kappa shape index (κ2) is 7.84. The van der Waals surface area contributed by atoms with Crippen LogP contribution >= 0.6 is 12.6 Å². The number of hydrogen-bond donors (Lipinski definition) is 5. The highest BCUT2D eigenvalue weighted by Crippen LogP contribution is 2.20. The summed E-state index contributed by atoms with van der Waals surface area (Å²) in [4.78, 5) is 34.7. The van der Waals surface area contributed by atoms with Crippen molar-refractivity contribution in [3.05, 3.63) is 40.2 Å². The molecule has 0 aliphatic heterocycles. The first-order valence-electron chi connectivity index (χ1n) is 7.13. The van der Waals surface area contributed by atoms with E-state index in [9.17, 15) is 14.4 Å². The monoisotopic (exact) mass is 350 g/mol. The second-order valence-corrected chi connectivity index (χ2v) is 5.49. The summed E-state index contributed by atoms with van der Waals surface area (Å²) < 4.78 is 5.14. The smallest absolute Gasteiger partial charge is 0.336 e. The molecule has 0 spiro atoms. The van der Waals surface area contributed by atoms with E-state index in [1.54, 1.807) is 18.2 Å². The molecule has 128 valence electrons. The van der Waals surface area contributed by atoms with Crippen LogP contribution in [-0.2, 0) is 9.59 Å². The predicted octanol–water partition coefficient (Wildman–Crippen LogP) is -0.0822. The molecule has 2 aromatic rings. The molecule has 1 unspecified atom stereocenters. The zero-order chi connectivity index (χ0) is 17.7. The molecule has 1 atom stereocenters. The minimum atomic E-state index is -0.815. The van der Waals surface area contributed by atoms with Gasteiger partial charge in [0, 0.05) is 29.0 Å². The number of anilines is 1. The van der Waals surface area contributed by atoms with Crippen LogP contribution in [0.3, 0.4) is 0 Å². The van der Waals surface area contributed by atoms with Gasteiger partial charge in [-0.15, -0.1) is 0 Å². The van der Waals surface area contributed by atoms with Crippen molar-refractivity contribution in [1.29, 1.82) is 0 Å². The van der Waals surface area contributed by atoms with Crippen molar-refractivity contribution in [2.45, 2.75) is 13.0 Å². The van der Waals surface area contributed by atoms with Gasteiger partial charge in [0.25, 0.3) is 5.91 Å². The molecule has 0 aliphatic rings. The molecule has 0 saturated carbocycles. The van der Waals surface area contributed by atoms with E-state index in [0.717, 1.165) is 10.9 Å². The number of aryl methyl sites for hydroxylation is 1. The van der Waals surface area contributed by atoms with Crippen LogP contribution in [0.4, 0.5) is 5.69 Å². The van der Waals surface area contributed by atoms with E-state index in [1.165, 1.54) is 6.07 Å². The third-order valence-electron chi connectivity index (χ3n) is 3.38. The van der Waals surface area contributed by atoms with Gasteiger partial charge in [0.2, 0.25) is 5.91 Å². The van der Waals surface area contributed by atoms with Crippen molar-refractivity contribution in [1.82, 2.24) is 10.7 Å². The van der Waals surface area contributed by atoms with Crippen molar-refractivity contribution in [3.63, 3.8) is 0 Å². The molecule has 2 amide bonds. The van der Waals surface area contributed by atoms with Gasteiger partial charge >= 0.3 is 5.63 Å². The van der Waals surface area contributed by atoms with E-state index >= 15 is 0 Å². The normalized spacial score (nSPS) is 11.8. The van der Waals surface area contributed by atoms with Crippen molar-refractivity contribution in [2.75, 3.05) is 17.6 Å². The van der Waals surface area contributed by atoms with Crippen molar-refractivity contribution >= 4 is 41.1 Å². The molecule has 1 aromatic carbocycles. The highest BCUT2D eigenvalue weighted by molar-refractivity contribution is 7.80. The summed E-state index contributed by atoms with van der Waals surface area (Å²) >= 11 is 3.99. The fraction of sp³-hybridized carbons (Fsp3) is 0.267. The Morgan fingerprint density at radius 2 is 2.08 bits per heavy atom. The zero-order valence-corrected chi connectivity index (χ0v) is 13.9. The van der Waals surface area contributed by atoms with Crippen molar-refractivity contribution < 1.29 is 14.0 Å². The van der Waals surface area contributed by atoms with E-state index in [0.29, 0.717) is 11.3 Å². The largest absolute Gasteiger partial charge is 0.423 e. The predicted molar refractivity (Wildman–Crippen MR) is 93.8 cm³/mol. The summed E-state index contributed by atoms with van der Waals surface area (Å²) in [7, 11) is 0. The number of nitrogens with one attached hydrogen (secondary N) is 3. The van der Waals surface area contributed by atoms with Crippen LogP contribution < -0.4 is 27.5 Å². The molecule has 0 bridgehead atoms. The van der Waals surface area contributed by atoms with Gasteiger partial charge in [-0.3, -0.25) is 15.0 Å². The Labute approximate surface area is 143 Å². The quantitative estimate of drug-likeness (QED) is 0.163. The topological polar surface area (TPSA) is 126 Å². The lowest BCUT2D eigenvalue weighted by atomic mass is 10.1. The Hall–Kier alpha value is -2.52. The van der Waals surface area contributed by atoms with Crippen LogP contribution in [0.15, 0.2) is 33.5 Å². The van der Waals surface area contributed by atoms with Crippen molar-refractivity contribution in [3.8, 4) is 0 Å². The number of carbonyl (C=O) groups excluding carboxylic acids is 2. The Morgan fingerprint density at radius 3 is 2.75 bits per heavy atom. The van der Waals surface area contributed by atoms with Crippen LogP contribution in [0, 0.1) is 6.92 Å². The molecule has 5 N–H and O–H groups in total. The third kappa shape index (κ3) is 4.27. The molecule has 0 fully saturated rings. The van der Waals surface area contributed by atoms with E-state index < -0.39 is 23.5 Å². The number of nitrogens with two attached hydrogens (primary N) is 1. The number of carbonyl (C=O) groups is 2. The lowest BCUT2D eigenvalue weighted by Gasteiger charge is -2.15. The van der Waals surface area contributed by atoms with E-state index in [2.05, 4.69) is 23.3 Å². The van der Waals surface area contributed by atoms with Crippen LogP contribution in [-0.4, -0.2) is 30.2 Å². The SMILES string of the molecule is Cc1cc(=O)oc2cc(NCC(=O)NC(CS)C(=O)NN)ccc12. The highest BCUT2D eigenvalue weighted by Gasteiger charge is 2.17. The lowest BCUT2D eigenvalue weighted by molar-refractivity contribution is -0.127. The molecule has 24 heavy (non-hydrogen) atoms. The second-order valence-electron chi connectivity index (χ2n) is 5.12. The van der Waals surface area contributed by atoms with E-state index in [1.807, 2.05) is 12.3 Å². The number of benzene rings is 1. The summed E-state index contributed by atoms with van der Waals surface area (Å²) in [6.07, 6.45) is 0. The van der Waals surface area contributed by atoms with Crippen LogP contribution in [0.5, 0.6) is 0 Å². The van der Waals surface area contributed by atoms with Gasteiger partial charge < -0.3 is 15.1 Å². The minimum Gasteiger partial charge on any atom is -0.423 e. The number of fused-ring (bicyclic) bond motifs is 1. The molecule has 0 aliphatic carbocycles. The number of rotatable bonds is 6. The summed E-state index contributed by atoms with van der Waals surface area (Å²) in [5.41, 5.74) is 3.38. The van der Waals surface area contributed by atoms with Crippen LogP contribution in [0.25, 0.3) is 11.0 Å². The van der Waals surface area contributed by atoms with Gasteiger partial charge in [-0.1, -0.05) is 0 Å². The standard InChI is InChI=1S/C15H18N4O4S/c1-8-4-14(21)23-12-5-9(2-3-10(8)12)17-6-13(20)18-11(7-24)15(22)19-16/h2-5,11,17,24H,6-7,16H2,1H3,(H,18,20)(H,19,22). The summed E-state index contributed by atoms with van der Waals surface area (Å²) in [5.74, 6) is 4.22. The summed E-state index contributed by atoms with van der Waals surface area (Å²) in [5, 5.41) is 6.22. The Bertz CT molecular complexity index is 821. The van der Waals surface area contributed by atoms with Gasteiger partial charge in [0.1, 0.15) is 11.6 Å². The molecular formula is C15H18N4O4S. The number of hydrazine groups is 1. The maximum absolute atomic E-state index is 11.9. The Morgan fingerprint density at radius 1 is 1.33 bits per heavy atom. The first-order valence-corrected chi connectivity index (χ1v) is 7.77. The molecule has 2 rings (SSSR count). The molecule has 8 nitrogen and oxygen atoms in total. The van der Waals surface area contributed by atoms with Gasteiger partial charge in [0.15, 0.2) is 0 Å². The summed E-state index contributed by atoms with van der Waals surface area (Å²) in [6, 6.07) is 5.81. The van der Waals surface area contributed by atoms with Gasteiger partial charge in [-0.05, 0) is 24.6 Å². The van der Waals surface area contributed by atoms with Crippen LogP contribution in [0.2, 0.25) is 0 Å². The molecule has 1 heterocycles. The number of thiol groups is 1. The van der Waals surface area contributed by atoms with E-state index in [4.69, 9.17) is 10.3 Å². The van der Waals surface area contributed by atoms with Crippen LogP contribution in [0.1, 0.15) is 5.56 Å². The molecule has 0 radical (unpaired) electrons. The number of amides is 2. The fourth-order valence-corrected chi connectivity index (χ4v) is 2.41. The van der Waals surface area contributed by atoms with Gasteiger partial charge in [-0.25, -0.2) is 10.6 Å². The maximum Gasteiger partial charge on any atom is 0.336 e. The fourth-order valence-electron chi connectivity index (χ4n) is 2.16. The number of hydrogen-bond acceptors (Lipinski definition) is 7. The lowest BCUT2D eigenvalue weighted by Crippen LogP contribution is -2.51. The average molecular weight is 350 g/mol. The Balaban J connectivity index is 2.04. The molecule has 1 aromatic heterocycles. The average Bonchev–Trinajstić information content (AvgIpc) is 2.56. The van der Waals surface area contributed by atoms with Crippen molar-refractivity contribution in [2.24, 2.45) is 5.84 Å².